The summed E-state index contributed by atoms with van der Waals surface area (Å²) in [5.41, 5.74) is 0.468. The summed E-state index contributed by atoms with van der Waals surface area (Å²) in [6.07, 6.45) is 6.18. The third kappa shape index (κ3) is 4.30. The van der Waals surface area contributed by atoms with E-state index in [2.05, 4.69) is 15.3 Å². The van der Waals surface area contributed by atoms with Gasteiger partial charge in [-0.25, -0.2) is 14.4 Å². The second kappa shape index (κ2) is 9.41. The van der Waals surface area contributed by atoms with Crippen LogP contribution in [0.3, 0.4) is 0 Å². The quantitative estimate of drug-likeness (QED) is 0.243. The minimum Gasteiger partial charge on any atom is -0.494 e. The fourth-order valence-corrected chi connectivity index (χ4v) is 8.41. The number of hydrogen-bond donors (Lipinski definition) is 1. The van der Waals surface area contributed by atoms with Crippen LogP contribution in [0.15, 0.2) is 29.3 Å². The third-order valence-corrected chi connectivity index (χ3v) is 10.2. The number of Topliss-reactive ketones (excluding diaryl/α,β-unsaturated/α-hetero) is 1. The first-order valence-corrected chi connectivity index (χ1v) is 14.3. The number of thiophene rings is 1. The molecule has 0 spiro atoms. The molecule has 3 fully saturated rings. The van der Waals surface area contributed by atoms with Gasteiger partial charge >= 0.3 is 0 Å². The number of fused-ring (bicyclic) bond motifs is 2. The minimum absolute atomic E-state index is 0.0817. The molecule has 3 saturated carbocycles. The second-order valence-corrected chi connectivity index (χ2v) is 12.4. The summed E-state index contributed by atoms with van der Waals surface area (Å²) in [7, 11) is 1.41. The van der Waals surface area contributed by atoms with Crippen molar-refractivity contribution in [2.45, 2.75) is 50.1 Å². The normalized spacial score (nSPS) is 26.4. The van der Waals surface area contributed by atoms with Crippen molar-refractivity contribution in [3.05, 3.63) is 45.7 Å². The summed E-state index contributed by atoms with van der Waals surface area (Å²) in [5.74, 6) is 3.31. The van der Waals surface area contributed by atoms with Crippen LogP contribution in [-0.4, -0.2) is 40.6 Å². The Morgan fingerprint density at radius 2 is 1.89 bits per heavy atom. The van der Waals surface area contributed by atoms with Crippen LogP contribution in [0.2, 0.25) is 0 Å². The zero-order chi connectivity index (χ0) is 25.0. The predicted octanol–water partition coefficient (Wildman–Crippen LogP) is 5.68. The second-order valence-electron chi connectivity index (χ2n) is 10.3. The van der Waals surface area contributed by atoms with E-state index >= 15 is 0 Å². The van der Waals surface area contributed by atoms with Crippen LogP contribution in [0.1, 0.15) is 57.3 Å². The van der Waals surface area contributed by atoms with E-state index < -0.39 is 5.82 Å². The maximum atomic E-state index is 14.9. The van der Waals surface area contributed by atoms with Crippen molar-refractivity contribution in [1.82, 2.24) is 15.3 Å². The monoisotopic (exact) mass is 525 g/mol. The number of ether oxygens (including phenoxy) is 1. The van der Waals surface area contributed by atoms with Gasteiger partial charge in [0.15, 0.2) is 17.3 Å². The Hall–Kier alpha value is -2.52. The number of hydrogen-bond acceptors (Lipinski definition) is 7. The molecule has 6 nitrogen and oxygen atoms in total. The molecule has 2 unspecified atom stereocenters. The van der Waals surface area contributed by atoms with Crippen molar-refractivity contribution in [2.24, 2.45) is 23.7 Å². The van der Waals surface area contributed by atoms with Crippen LogP contribution in [0.25, 0.3) is 10.9 Å². The lowest BCUT2D eigenvalue weighted by atomic mass is 9.64. The fraction of sp³-hybridized carbons (Fsp3) is 0.481. The molecule has 188 valence electrons. The number of aromatic nitrogens is 2. The number of carbonyl (C=O) groups is 2. The molecule has 0 aliphatic heterocycles. The molecule has 0 saturated heterocycles. The molecule has 2 aromatic heterocycles. The van der Waals surface area contributed by atoms with Gasteiger partial charge in [-0.2, -0.15) is 0 Å². The highest BCUT2D eigenvalue weighted by atomic mass is 32.2. The molecule has 36 heavy (non-hydrogen) atoms. The van der Waals surface area contributed by atoms with E-state index in [9.17, 15) is 14.0 Å². The van der Waals surface area contributed by atoms with Gasteiger partial charge in [0.2, 0.25) is 0 Å². The minimum atomic E-state index is -0.538. The van der Waals surface area contributed by atoms with Crippen LogP contribution >= 0.6 is 23.1 Å². The van der Waals surface area contributed by atoms with E-state index in [-0.39, 0.29) is 34.6 Å². The number of halogens is 1. The summed E-state index contributed by atoms with van der Waals surface area (Å²) < 4.78 is 20.0. The Balaban J connectivity index is 1.12. The number of carbonyl (C=O) groups excluding carboxylic acids is 2. The van der Waals surface area contributed by atoms with E-state index in [4.69, 9.17) is 4.74 Å². The average molecular weight is 526 g/mol. The standard InChI is InChI=1S/C27H28FN3O3S2/c1-13-29-19-3-4-21(34-2)25(28)24(19)27(30-13)35-12-20(32)22-5-6-23(36-22)26(33)31-17-8-14-7-15-10-16(11-17)18(15)9-14/h3-6,14-18H,7-12H2,1-2H3,(H,31,33)/t14-,15?,16+,17+,18?/m1/s1. The number of rotatable bonds is 7. The lowest BCUT2D eigenvalue weighted by Gasteiger charge is -2.42. The number of amides is 1. The maximum Gasteiger partial charge on any atom is 0.261 e. The van der Waals surface area contributed by atoms with Crippen molar-refractivity contribution in [3.8, 4) is 5.75 Å². The summed E-state index contributed by atoms with van der Waals surface area (Å²) in [4.78, 5) is 35.7. The van der Waals surface area contributed by atoms with Gasteiger partial charge in [0.1, 0.15) is 10.9 Å². The molecule has 1 N–H and O–H groups in total. The number of aryl methyl sites for hydroxylation is 1. The lowest BCUT2D eigenvalue weighted by molar-refractivity contribution is 0.0757. The van der Waals surface area contributed by atoms with Gasteiger partial charge in [0.05, 0.1) is 33.5 Å². The van der Waals surface area contributed by atoms with E-state index in [0.29, 0.717) is 26.1 Å². The first kappa shape index (κ1) is 23.9. The lowest BCUT2D eigenvalue weighted by Crippen LogP contribution is -2.42. The Bertz CT molecular complexity index is 1360. The number of ketones is 1. The Morgan fingerprint density at radius 1 is 1.08 bits per heavy atom. The topological polar surface area (TPSA) is 81.2 Å². The molecule has 2 heterocycles. The maximum absolute atomic E-state index is 14.9. The van der Waals surface area contributed by atoms with Crippen molar-refractivity contribution < 1.29 is 18.7 Å². The van der Waals surface area contributed by atoms with E-state index in [1.165, 1.54) is 55.5 Å². The van der Waals surface area contributed by atoms with Crippen LogP contribution in [-0.2, 0) is 0 Å². The number of methoxy groups -OCH3 is 1. The highest BCUT2D eigenvalue weighted by Gasteiger charge is 2.50. The van der Waals surface area contributed by atoms with Gasteiger partial charge in [0, 0.05) is 6.04 Å². The van der Waals surface area contributed by atoms with Crippen LogP contribution in [0.5, 0.6) is 5.75 Å². The summed E-state index contributed by atoms with van der Waals surface area (Å²) in [6.45, 7) is 1.74. The molecular weight excluding hydrogens is 497 g/mol. The highest BCUT2D eigenvalue weighted by molar-refractivity contribution is 8.00. The molecule has 6 rings (SSSR count). The molecule has 9 heteroatoms. The van der Waals surface area contributed by atoms with Crippen LogP contribution in [0.4, 0.5) is 4.39 Å². The van der Waals surface area contributed by atoms with Crippen molar-refractivity contribution in [3.63, 3.8) is 0 Å². The van der Waals surface area contributed by atoms with Gasteiger partial charge in [-0.1, -0.05) is 11.8 Å². The van der Waals surface area contributed by atoms with E-state index in [0.717, 1.165) is 36.5 Å². The van der Waals surface area contributed by atoms with Crippen LogP contribution < -0.4 is 10.1 Å². The smallest absolute Gasteiger partial charge is 0.261 e. The third-order valence-electron chi connectivity index (χ3n) is 8.11. The largest absolute Gasteiger partial charge is 0.494 e. The Morgan fingerprint density at radius 3 is 2.72 bits per heavy atom. The van der Waals surface area contributed by atoms with Gasteiger partial charge in [-0.15, -0.1) is 11.3 Å². The molecular formula is C27H28FN3O3S2. The Labute approximate surface area is 217 Å². The number of thioether (sulfide) groups is 1. The van der Waals surface area contributed by atoms with Gasteiger partial charge < -0.3 is 10.1 Å². The first-order valence-electron chi connectivity index (χ1n) is 12.5. The van der Waals surface area contributed by atoms with Crippen LogP contribution in [0, 0.1) is 36.4 Å². The predicted molar refractivity (Wildman–Crippen MR) is 138 cm³/mol. The SMILES string of the molecule is COc1ccc2nc(C)nc(SCC(=O)c3ccc(C(=O)N[C@H]4C[C@H]5CC6C[C@@H](C4)C6C5)s3)c2c1F. The summed E-state index contributed by atoms with van der Waals surface area (Å²) in [5, 5.41) is 3.90. The summed E-state index contributed by atoms with van der Waals surface area (Å²) >= 11 is 2.39. The molecule has 2 bridgehead atoms. The van der Waals surface area contributed by atoms with Gasteiger partial charge in [0.25, 0.3) is 5.91 Å². The molecule has 5 atom stereocenters. The molecule has 1 aromatic carbocycles. The van der Waals surface area contributed by atoms with Crippen molar-refractivity contribution >= 4 is 45.7 Å². The molecule has 0 radical (unpaired) electrons. The molecule has 3 aliphatic carbocycles. The molecule has 3 aliphatic rings. The first-order chi connectivity index (χ1) is 17.4. The number of benzene rings is 1. The van der Waals surface area contributed by atoms with E-state index in [1.54, 1.807) is 25.1 Å². The summed E-state index contributed by atoms with van der Waals surface area (Å²) in [6, 6.07) is 6.89. The van der Waals surface area contributed by atoms with Gasteiger partial charge in [-0.3, -0.25) is 9.59 Å². The zero-order valence-electron chi connectivity index (χ0n) is 20.3. The number of nitrogens with zero attached hydrogens (tertiary/aromatic N) is 2. The van der Waals surface area contributed by atoms with Crippen molar-refractivity contribution in [2.75, 3.05) is 12.9 Å². The number of nitrogens with one attached hydrogen (secondary N) is 1. The zero-order valence-corrected chi connectivity index (χ0v) is 21.9. The fourth-order valence-electron chi connectivity index (χ4n) is 6.52. The highest BCUT2D eigenvalue weighted by Crippen LogP contribution is 2.58. The van der Waals surface area contributed by atoms with Gasteiger partial charge in [-0.05, 0) is 87.0 Å². The molecule has 1 amide bonds. The van der Waals surface area contributed by atoms with E-state index in [1.807, 2.05) is 0 Å². The van der Waals surface area contributed by atoms with Crippen molar-refractivity contribution in [1.29, 1.82) is 0 Å². The average Bonchev–Trinajstić information content (AvgIpc) is 3.41. The Kier molecular flexibility index (Phi) is 6.24. The molecule has 3 aromatic rings.